The van der Waals surface area contributed by atoms with Crippen LogP contribution in [0, 0.1) is 11.5 Å². The quantitative estimate of drug-likeness (QED) is 0.391. The van der Waals surface area contributed by atoms with Crippen molar-refractivity contribution in [3.05, 3.63) is 52.0 Å². The average molecular weight is 422 g/mol. The number of anilines is 1. The van der Waals surface area contributed by atoms with Crippen LogP contribution < -0.4 is 10.6 Å². The van der Waals surface area contributed by atoms with E-state index in [9.17, 15) is 13.2 Å². The molecule has 25 heavy (non-hydrogen) atoms. The molecule has 0 aliphatic heterocycles. The van der Waals surface area contributed by atoms with Gasteiger partial charge in [-0.1, -0.05) is 41.0 Å². The van der Waals surface area contributed by atoms with Crippen LogP contribution >= 0.6 is 47.2 Å². The number of halogens is 5. The van der Waals surface area contributed by atoms with Gasteiger partial charge in [0, 0.05) is 9.79 Å². The van der Waals surface area contributed by atoms with Crippen LogP contribution in [0.15, 0.2) is 46.2 Å². The van der Waals surface area contributed by atoms with Crippen LogP contribution in [0.3, 0.4) is 0 Å². The molecule has 2 N–H and O–H groups in total. The fourth-order valence-corrected chi connectivity index (χ4v) is 3.60. The highest BCUT2D eigenvalue weighted by atomic mass is 35.5. The molecule has 0 saturated heterocycles. The molecular formula is C15H8Cl2F3N3S2. The van der Waals surface area contributed by atoms with Crippen molar-refractivity contribution in [2.45, 2.75) is 16.0 Å². The molecule has 0 amide bonds. The summed E-state index contributed by atoms with van der Waals surface area (Å²) in [5.74, 6) is 0. The fraction of sp³-hybridized carbons (Fsp3) is 0.0667. The fourth-order valence-electron chi connectivity index (χ4n) is 1.86. The normalized spacial score (nSPS) is 11.0. The lowest BCUT2D eigenvalue weighted by molar-refractivity contribution is -0.137. The van der Waals surface area contributed by atoms with Gasteiger partial charge in [-0.05, 0) is 42.5 Å². The predicted octanol–water partition coefficient (Wildman–Crippen LogP) is 5.69. The van der Waals surface area contributed by atoms with Crippen molar-refractivity contribution in [3.8, 4) is 6.19 Å². The summed E-state index contributed by atoms with van der Waals surface area (Å²) in [5, 5.41) is 9.17. The first-order valence-electron chi connectivity index (χ1n) is 6.47. The molecular weight excluding hydrogens is 414 g/mol. The largest absolute Gasteiger partial charge is 0.416 e. The third-order valence-corrected chi connectivity index (χ3v) is 5.08. The van der Waals surface area contributed by atoms with Crippen LogP contribution in [0.4, 0.5) is 18.9 Å². The van der Waals surface area contributed by atoms with E-state index >= 15 is 0 Å². The zero-order valence-electron chi connectivity index (χ0n) is 12.1. The number of thiocarbonyl (C=S) groups is 1. The van der Waals surface area contributed by atoms with Crippen LogP contribution in [-0.2, 0) is 6.18 Å². The Morgan fingerprint density at radius 2 is 1.80 bits per heavy atom. The van der Waals surface area contributed by atoms with Gasteiger partial charge in [0.2, 0.25) is 0 Å². The minimum atomic E-state index is -4.45. The number of nitrogens with zero attached hydrogens (tertiary/aromatic N) is 2. The van der Waals surface area contributed by atoms with Gasteiger partial charge in [0.25, 0.3) is 0 Å². The molecule has 0 fully saturated rings. The highest BCUT2D eigenvalue weighted by molar-refractivity contribution is 7.99. The van der Waals surface area contributed by atoms with E-state index in [1.54, 1.807) is 6.19 Å². The molecule has 130 valence electrons. The number of hydrogen-bond donors (Lipinski definition) is 1. The number of benzene rings is 2. The van der Waals surface area contributed by atoms with Gasteiger partial charge in [0.05, 0.1) is 21.3 Å². The number of nitriles is 1. The second-order valence-electron chi connectivity index (χ2n) is 4.64. The first-order chi connectivity index (χ1) is 11.6. The zero-order valence-corrected chi connectivity index (χ0v) is 15.3. The third kappa shape index (κ3) is 4.70. The Labute approximate surface area is 161 Å². The van der Waals surface area contributed by atoms with Crippen molar-refractivity contribution >= 4 is 58.0 Å². The molecule has 0 heterocycles. The first-order valence-corrected chi connectivity index (χ1v) is 8.45. The van der Waals surface area contributed by atoms with E-state index in [0.717, 1.165) is 28.8 Å². The Bertz CT molecular complexity index is 843. The molecule has 0 radical (unpaired) electrons. The van der Waals surface area contributed by atoms with Gasteiger partial charge in [-0.25, -0.2) is 4.90 Å². The third-order valence-electron chi connectivity index (χ3n) is 2.94. The van der Waals surface area contributed by atoms with Gasteiger partial charge in [-0.2, -0.15) is 18.4 Å². The Hall–Kier alpha value is -1.66. The molecule has 10 heteroatoms. The average Bonchev–Trinajstić information content (AvgIpc) is 2.51. The van der Waals surface area contributed by atoms with Gasteiger partial charge >= 0.3 is 6.18 Å². The van der Waals surface area contributed by atoms with Crippen molar-refractivity contribution in [2.24, 2.45) is 5.73 Å². The predicted molar refractivity (Wildman–Crippen MR) is 96.9 cm³/mol. The van der Waals surface area contributed by atoms with Crippen molar-refractivity contribution in [1.29, 1.82) is 5.26 Å². The number of hydrogen-bond acceptors (Lipinski definition) is 3. The standard InChI is InChI=1S/C15H8Cl2F3N3S2/c16-11-5-9(23(7-21)14(22)24)6-12(17)13(11)25-10-3-1-2-8(4-10)15(18,19)20/h1-6H,(H2,22,24). The van der Waals surface area contributed by atoms with E-state index < -0.39 is 11.7 Å². The van der Waals surface area contributed by atoms with Gasteiger partial charge in [-0.3, -0.25) is 0 Å². The molecule has 0 aliphatic carbocycles. The van der Waals surface area contributed by atoms with E-state index in [2.05, 4.69) is 0 Å². The van der Waals surface area contributed by atoms with Crippen LogP contribution in [0.5, 0.6) is 0 Å². The van der Waals surface area contributed by atoms with Crippen molar-refractivity contribution < 1.29 is 13.2 Å². The molecule has 0 unspecified atom stereocenters. The second kappa shape index (κ2) is 7.70. The van der Waals surface area contributed by atoms with E-state index in [1.807, 2.05) is 0 Å². The van der Waals surface area contributed by atoms with Crippen molar-refractivity contribution in [3.63, 3.8) is 0 Å². The lowest BCUT2D eigenvalue weighted by Crippen LogP contribution is -2.30. The highest BCUT2D eigenvalue weighted by Crippen LogP contribution is 2.42. The molecule has 0 spiro atoms. The van der Waals surface area contributed by atoms with E-state index in [-0.39, 0.29) is 20.8 Å². The number of rotatable bonds is 3. The molecule has 2 rings (SSSR count). The zero-order chi connectivity index (χ0) is 18.8. The lowest BCUT2D eigenvalue weighted by Gasteiger charge is -2.16. The summed E-state index contributed by atoms with van der Waals surface area (Å²) in [4.78, 5) is 1.62. The SMILES string of the molecule is N#CN(C(N)=S)c1cc(Cl)c(Sc2cccc(C(F)(F)F)c2)c(Cl)c1. The Morgan fingerprint density at radius 1 is 1.20 bits per heavy atom. The summed E-state index contributed by atoms with van der Waals surface area (Å²) < 4.78 is 38.4. The lowest BCUT2D eigenvalue weighted by atomic mass is 10.2. The smallest absolute Gasteiger partial charge is 0.375 e. The minimum Gasteiger partial charge on any atom is -0.375 e. The topological polar surface area (TPSA) is 53.0 Å². The van der Waals surface area contributed by atoms with E-state index in [0.29, 0.717) is 9.79 Å². The molecule has 0 aromatic heterocycles. The summed E-state index contributed by atoms with van der Waals surface area (Å²) in [6.45, 7) is 0. The maximum atomic E-state index is 12.8. The van der Waals surface area contributed by atoms with Crippen molar-refractivity contribution in [1.82, 2.24) is 0 Å². The summed E-state index contributed by atoms with van der Waals surface area (Å²) in [7, 11) is 0. The highest BCUT2D eigenvalue weighted by Gasteiger charge is 2.30. The van der Waals surface area contributed by atoms with E-state index in [4.69, 9.17) is 46.4 Å². The summed E-state index contributed by atoms with van der Waals surface area (Å²) in [5.41, 5.74) is 4.93. The van der Waals surface area contributed by atoms with Crippen LogP contribution in [-0.4, -0.2) is 5.11 Å². The van der Waals surface area contributed by atoms with E-state index in [1.165, 1.54) is 24.3 Å². The van der Waals surface area contributed by atoms with Crippen molar-refractivity contribution in [2.75, 3.05) is 4.90 Å². The molecule has 0 saturated carbocycles. The van der Waals surface area contributed by atoms with Gasteiger partial charge in [0.1, 0.15) is 0 Å². The minimum absolute atomic E-state index is 0.154. The monoisotopic (exact) mass is 421 g/mol. The molecule has 0 bridgehead atoms. The Kier molecular flexibility index (Phi) is 6.06. The first kappa shape index (κ1) is 19.7. The van der Waals surface area contributed by atoms with Crippen LogP contribution in [0.25, 0.3) is 0 Å². The molecule has 2 aromatic rings. The number of nitrogens with two attached hydrogens (primary N) is 1. The van der Waals surface area contributed by atoms with Gasteiger partial charge in [0.15, 0.2) is 11.3 Å². The number of alkyl halides is 3. The Balaban J connectivity index is 2.39. The summed E-state index contributed by atoms with van der Waals surface area (Å²) >= 11 is 18.1. The van der Waals surface area contributed by atoms with Crippen LogP contribution in [0.2, 0.25) is 10.0 Å². The van der Waals surface area contributed by atoms with Gasteiger partial charge < -0.3 is 5.73 Å². The molecule has 2 aromatic carbocycles. The molecule has 0 aliphatic rings. The Morgan fingerprint density at radius 3 is 2.28 bits per heavy atom. The summed E-state index contributed by atoms with van der Waals surface area (Å²) in [6.07, 6.45) is -2.66. The maximum absolute atomic E-state index is 12.8. The molecule has 0 atom stereocenters. The van der Waals surface area contributed by atoms with Gasteiger partial charge in [-0.15, -0.1) is 0 Å². The maximum Gasteiger partial charge on any atom is 0.416 e. The second-order valence-corrected chi connectivity index (χ2v) is 6.96. The summed E-state index contributed by atoms with van der Waals surface area (Å²) in [6, 6.07) is 7.60. The molecule has 3 nitrogen and oxygen atoms in total. The van der Waals surface area contributed by atoms with Crippen LogP contribution in [0.1, 0.15) is 5.56 Å².